The number of hydrogen-bond acceptors (Lipinski definition) is 3. The molecule has 0 aliphatic rings. The molecule has 0 saturated carbocycles. The van der Waals surface area contributed by atoms with Crippen molar-refractivity contribution in [1.82, 2.24) is 4.72 Å². The molecule has 0 aliphatic heterocycles. The van der Waals surface area contributed by atoms with Crippen molar-refractivity contribution >= 4 is 33.2 Å². The summed E-state index contributed by atoms with van der Waals surface area (Å²) in [6.07, 6.45) is 0.359. The second-order valence-corrected chi connectivity index (χ2v) is 7.09. The van der Waals surface area contributed by atoms with Crippen molar-refractivity contribution in [3.05, 3.63) is 28.2 Å². The fourth-order valence-electron chi connectivity index (χ4n) is 1.58. The average Bonchev–Trinajstić information content (AvgIpc) is 2.31. The van der Waals surface area contributed by atoms with Gasteiger partial charge in [-0.15, -0.1) is 0 Å². The van der Waals surface area contributed by atoms with Gasteiger partial charge in [-0.1, -0.05) is 37.0 Å². The molecule has 0 aromatic heterocycles. The molecule has 1 rings (SSSR count). The zero-order valence-corrected chi connectivity index (χ0v) is 13.1. The second-order valence-electron chi connectivity index (χ2n) is 4.56. The summed E-state index contributed by atoms with van der Waals surface area (Å²) in [5, 5.41) is 9.45. The van der Waals surface area contributed by atoms with E-state index in [2.05, 4.69) is 4.72 Å². The van der Waals surface area contributed by atoms with E-state index in [1.165, 1.54) is 18.2 Å². The van der Waals surface area contributed by atoms with Crippen LogP contribution < -0.4 is 4.72 Å². The molecule has 2 N–H and O–H groups in total. The van der Waals surface area contributed by atoms with E-state index in [-0.39, 0.29) is 28.5 Å². The predicted octanol–water partition coefficient (Wildman–Crippen LogP) is 2.68. The van der Waals surface area contributed by atoms with Crippen molar-refractivity contribution in [2.24, 2.45) is 5.92 Å². The molecule has 1 aromatic carbocycles. The largest absolute Gasteiger partial charge is 0.396 e. The van der Waals surface area contributed by atoms with Crippen molar-refractivity contribution in [1.29, 1.82) is 0 Å². The molecule has 0 saturated heterocycles. The molecule has 0 radical (unpaired) electrons. The number of hydrogen-bond donors (Lipinski definition) is 2. The van der Waals surface area contributed by atoms with Crippen LogP contribution in [0.15, 0.2) is 23.1 Å². The van der Waals surface area contributed by atoms with Crippen LogP contribution in [-0.2, 0) is 10.0 Å². The molecule has 1 aromatic rings. The van der Waals surface area contributed by atoms with Crippen LogP contribution in [0.4, 0.5) is 0 Å². The molecule has 0 aliphatic carbocycles. The van der Waals surface area contributed by atoms with E-state index >= 15 is 0 Å². The Morgan fingerprint density at radius 2 is 1.89 bits per heavy atom. The molecule has 0 amide bonds. The first-order valence-electron chi connectivity index (χ1n) is 5.86. The molecule has 108 valence electrons. The maximum atomic E-state index is 12.2. The summed E-state index contributed by atoms with van der Waals surface area (Å²) in [6.45, 7) is 3.70. The van der Waals surface area contributed by atoms with E-state index in [0.29, 0.717) is 11.4 Å². The maximum Gasteiger partial charge on any atom is 0.240 e. The first kappa shape index (κ1) is 16.7. The molecular weight excluding hydrogens is 309 g/mol. The van der Waals surface area contributed by atoms with E-state index in [1.54, 1.807) is 0 Å². The van der Waals surface area contributed by atoms with Crippen LogP contribution in [0, 0.1) is 5.92 Å². The summed E-state index contributed by atoms with van der Waals surface area (Å²) in [6, 6.07) is 3.81. The van der Waals surface area contributed by atoms with Crippen LogP contribution in [0.25, 0.3) is 0 Å². The molecule has 0 fully saturated rings. The van der Waals surface area contributed by atoms with E-state index < -0.39 is 10.0 Å². The van der Waals surface area contributed by atoms with Gasteiger partial charge in [0.1, 0.15) is 0 Å². The molecule has 19 heavy (non-hydrogen) atoms. The van der Waals surface area contributed by atoms with Crippen LogP contribution in [0.1, 0.15) is 20.3 Å². The van der Waals surface area contributed by atoms with Gasteiger partial charge in [0.25, 0.3) is 0 Å². The monoisotopic (exact) mass is 325 g/mol. The lowest BCUT2D eigenvalue weighted by atomic mass is 10.0. The number of sulfonamides is 1. The molecule has 0 spiro atoms. The SMILES string of the molecule is CC(C)C(CCO)NS(=O)(=O)c1ccc(Cl)c(Cl)c1. The van der Waals surface area contributed by atoms with Crippen molar-refractivity contribution in [2.45, 2.75) is 31.2 Å². The van der Waals surface area contributed by atoms with Crippen molar-refractivity contribution in [3.8, 4) is 0 Å². The summed E-state index contributed by atoms with van der Waals surface area (Å²) in [7, 11) is -3.67. The maximum absolute atomic E-state index is 12.2. The molecule has 1 atom stereocenters. The molecule has 7 heteroatoms. The van der Waals surface area contributed by atoms with Gasteiger partial charge in [-0.3, -0.25) is 0 Å². The Labute approximate surface area is 123 Å². The number of halogens is 2. The lowest BCUT2D eigenvalue weighted by Crippen LogP contribution is -2.39. The zero-order valence-electron chi connectivity index (χ0n) is 10.7. The summed E-state index contributed by atoms with van der Waals surface area (Å²) in [5.41, 5.74) is 0. The normalized spacial score (nSPS) is 13.8. The van der Waals surface area contributed by atoms with Crippen LogP contribution in [0.2, 0.25) is 10.0 Å². The van der Waals surface area contributed by atoms with Gasteiger partial charge in [0.2, 0.25) is 10.0 Å². The minimum Gasteiger partial charge on any atom is -0.396 e. The Balaban J connectivity index is 2.99. The van der Waals surface area contributed by atoms with Gasteiger partial charge < -0.3 is 5.11 Å². The first-order valence-corrected chi connectivity index (χ1v) is 8.10. The quantitative estimate of drug-likeness (QED) is 0.845. The van der Waals surface area contributed by atoms with Crippen molar-refractivity contribution in [3.63, 3.8) is 0 Å². The number of aliphatic hydroxyl groups excluding tert-OH is 1. The number of benzene rings is 1. The third kappa shape index (κ3) is 4.61. The van der Waals surface area contributed by atoms with E-state index in [0.717, 1.165) is 0 Å². The number of rotatable bonds is 6. The van der Waals surface area contributed by atoms with Gasteiger partial charge in [0.15, 0.2) is 0 Å². The number of aliphatic hydroxyl groups is 1. The topological polar surface area (TPSA) is 66.4 Å². The molecular formula is C12H17Cl2NO3S. The lowest BCUT2D eigenvalue weighted by Gasteiger charge is -2.21. The summed E-state index contributed by atoms with van der Waals surface area (Å²) >= 11 is 11.6. The van der Waals surface area contributed by atoms with Crippen LogP contribution >= 0.6 is 23.2 Å². The lowest BCUT2D eigenvalue weighted by molar-refractivity contribution is 0.256. The number of nitrogens with one attached hydrogen (secondary N) is 1. The van der Waals surface area contributed by atoms with E-state index in [4.69, 9.17) is 28.3 Å². The van der Waals surface area contributed by atoms with Crippen LogP contribution in [0.5, 0.6) is 0 Å². The van der Waals surface area contributed by atoms with Crippen LogP contribution in [-0.4, -0.2) is 26.2 Å². The fourth-order valence-corrected chi connectivity index (χ4v) is 3.39. The fraction of sp³-hybridized carbons (Fsp3) is 0.500. The third-order valence-corrected chi connectivity index (χ3v) is 4.98. The van der Waals surface area contributed by atoms with Crippen LogP contribution in [0.3, 0.4) is 0 Å². The Morgan fingerprint density at radius 1 is 1.26 bits per heavy atom. The smallest absolute Gasteiger partial charge is 0.240 e. The standard InChI is InChI=1S/C12H17Cl2NO3S/c1-8(2)12(5-6-16)15-19(17,18)9-3-4-10(13)11(14)7-9/h3-4,7-8,12,15-16H,5-6H2,1-2H3. The van der Waals surface area contributed by atoms with Gasteiger partial charge in [0, 0.05) is 12.6 Å². The first-order chi connectivity index (χ1) is 8.77. The summed E-state index contributed by atoms with van der Waals surface area (Å²) in [5.74, 6) is 0.0738. The third-order valence-electron chi connectivity index (χ3n) is 2.75. The second kappa shape index (κ2) is 6.90. The van der Waals surface area contributed by atoms with Gasteiger partial charge in [-0.05, 0) is 30.5 Å². The van der Waals surface area contributed by atoms with Crippen molar-refractivity contribution < 1.29 is 13.5 Å². The molecule has 0 heterocycles. The average molecular weight is 326 g/mol. The van der Waals surface area contributed by atoms with Gasteiger partial charge in [-0.2, -0.15) is 0 Å². The Hall–Kier alpha value is -0.330. The highest BCUT2D eigenvalue weighted by atomic mass is 35.5. The minimum atomic E-state index is -3.67. The van der Waals surface area contributed by atoms with E-state index in [9.17, 15) is 8.42 Å². The van der Waals surface area contributed by atoms with Crippen molar-refractivity contribution in [2.75, 3.05) is 6.61 Å². The zero-order chi connectivity index (χ0) is 14.6. The Morgan fingerprint density at radius 3 is 2.37 bits per heavy atom. The molecule has 4 nitrogen and oxygen atoms in total. The predicted molar refractivity (Wildman–Crippen MR) is 77.1 cm³/mol. The van der Waals surface area contributed by atoms with E-state index in [1.807, 2.05) is 13.8 Å². The van der Waals surface area contributed by atoms with Gasteiger partial charge in [-0.25, -0.2) is 13.1 Å². The summed E-state index contributed by atoms with van der Waals surface area (Å²) < 4.78 is 26.9. The Bertz CT molecular complexity index is 532. The molecule has 0 bridgehead atoms. The summed E-state index contributed by atoms with van der Waals surface area (Å²) in [4.78, 5) is 0.0606. The highest BCUT2D eigenvalue weighted by Crippen LogP contribution is 2.25. The van der Waals surface area contributed by atoms with Gasteiger partial charge in [0.05, 0.1) is 14.9 Å². The van der Waals surface area contributed by atoms with Gasteiger partial charge >= 0.3 is 0 Å². The highest BCUT2D eigenvalue weighted by molar-refractivity contribution is 7.89. The minimum absolute atomic E-state index is 0.0606. The highest BCUT2D eigenvalue weighted by Gasteiger charge is 2.22. The molecule has 1 unspecified atom stereocenters. The Kier molecular flexibility index (Phi) is 6.08.